The second-order valence-corrected chi connectivity index (χ2v) is 10.5. The zero-order valence-corrected chi connectivity index (χ0v) is 20.2. The van der Waals surface area contributed by atoms with E-state index in [1.807, 2.05) is 19.9 Å². The summed E-state index contributed by atoms with van der Waals surface area (Å²) in [5, 5.41) is 11.7. The van der Waals surface area contributed by atoms with Crippen LogP contribution in [0.2, 0.25) is 0 Å². The predicted octanol–water partition coefficient (Wildman–Crippen LogP) is 4.37. The number of esters is 1. The molecule has 2 aliphatic carbocycles. The average Bonchev–Trinajstić information content (AvgIpc) is 2.93. The van der Waals surface area contributed by atoms with Gasteiger partial charge in [-0.05, 0) is 43.4 Å². The van der Waals surface area contributed by atoms with Crippen molar-refractivity contribution in [3.8, 4) is 0 Å². The first kappa shape index (κ1) is 24.3. The third-order valence-electron chi connectivity index (χ3n) is 8.33. The minimum absolute atomic E-state index is 0.0333. The molecule has 6 heteroatoms. The summed E-state index contributed by atoms with van der Waals surface area (Å²) in [4.78, 5) is 39.5. The maximum atomic E-state index is 13.3. The fourth-order valence-corrected chi connectivity index (χ4v) is 6.90. The largest absolute Gasteiger partial charge is 0.511 e. The van der Waals surface area contributed by atoms with Crippen LogP contribution in [-0.2, 0) is 19.1 Å². The number of aliphatic hydroxyl groups is 1. The molecule has 6 atom stereocenters. The zero-order chi connectivity index (χ0) is 24.0. The Hall–Kier alpha value is -2.37. The summed E-state index contributed by atoms with van der Waals surface area (Å²) in [6.45, 7) is 12.6. The molecule has 1 N–H and O–H groups in total. The number of carbonyl (C=O) groups is 3. The van der Waals surface area contributed by atoms with Crippen LogP contribution in [0.3, 0.4) is 0 Å². The summed E-state index contributed by atoms with van der Waals surface area (Å²) in [5.41, 5.74) is 0.0306. The van der Waals surface area contributed by atoms with Gasteiger partial charge in [0.1, 0.15) is 11.3 Å². The molecule has 1 saturated carbocycles. The number of carbonyl (C=O) groups excluding carboxylic acids is 3. The van der Waals surface area contributed by atoms with Gasteiger partial charge < -0.3 is 14.7 Å². The Morgan fingerprint density at radius 2 is 2.00 bits per heavy atom. The van der Waals surface area contributed by atoms with Gasteiger partial charge in [-0.1, -0.05) is 44.9 Å². The number of likely N-dealkylation sites (tertiary alicyclic amines) is 1. The van der Waals surface area contributed by atoms with Crippen LogP contribution in [0.1, 0.15) is 59.8 Å². The molecule has 1 aliphatic heterocycles. The van der Waals surface area contributed by atoms with Crippen LogP contribution in [0.5, 0.6) is 0 Å². The molecule has 1 heterocycles. The number of allylic oxidation sites excluding steroid dienone is 4. The van der Waals surface area contributed by atoms with E-state index in [-0.39, 0.29) is 41.4 Å². The van der Waals surface area contributed by atoms with E-state index in [1.54, 1.807) is 7.05 Å². The molecule has 0 radical (unpaired) electrons. The molecule has 0 aromatic carbocycles. The lowest BCUT2D eigenvalue weighted by Crippen LogP contribution is -2.51. The van der Waals surface area contributed by atoms with Crippen molar-refractivity contribution in [2.75, 3.05) is 14.2 Å². The number of nitrogens with zero attached hydrogens (tertiary/aromatic N) is 1. The topological polar surface area (TPSA) is 83.9 Å². The second kappa shape index (κ2) is 8.53. The zero-order valence-electron chi connectivity index (χ0n) is 20.2. The molecule has 0 spiro atoms. The number of Topliss-reactive ketones (excluding diaryl/α,β-unsaturated/α-hetero) is 1. The van der Waals surface area contributed by atoms with Gasteiger partial charge in [-0.3, -0.25) is 14.4 Å². The number of amides is 1. The highest BCUT2D eigenvalue weighted by Gasteiger charge is 2.58. The van der Waals surface area contributed by atoms with Crippen molar-refractivity contribution in [2.45, 2.75) is 65.8 Å². The van der Waals surface area contributed by atoms with E-state index in [9.17, 15) is 19.5 Å². The molecule has 176 valence electrons. The maximum absolute atomic E-state index is 13.3. The number of hydrogen-bond donors (Lipinski definition) is 1. The lowest BCUT2D eigenvalue weighted by atomic mass is 9.47. The number of aliphatic hydroxyl groups excluding tert-OH is 1. The van der Waals surface area contributed by atoms with Crippen molar-refractivity contribution in [3.05, 3.63) is 35.6 Å². The monoisotopic (exact) mass is 443 g/mol. The summed E-state index contributed by atoms with van der Waals surface area (Å²) in [7, 11) is 2.84. The Balaban J connectivity index is 2.10. The quantitative estimate of drug-likeness (QED) is 0.224. The Kier molecular flexibility index (Phi) is 6.47. The molecule has 1 unspecified atom stereocenters. The SMILES string of the molecule is C=C[C@H]1C(C)=C[C@@]2(C)C[C@H](C)CC[C@H]2[C@]1(C)/C(O)=C1\C(=O)C(CCC(=O)OC)N(C)C1=O. The molecule has 3 aliphatic rings. The number of methoxy groups -OCH3 is 1. The fraction of sp³-hybridized carbons (Fsp3) is 0.654. The minimum atomic E-state index is -0.811. The van der Waals surface area contributed by atoms with E-state index >= 15 is 0 Å². The Bertz CT molecular complexity index is 902. The summed E-state index contributed by atoms with van der Waals surface area (Å²) >= 11 is 0. The van der Waals surface area contributed by atoms with Crippen molar-refractivity contribution in [3.63, 3.8) is 0 Å². The number of rotatable bonds is 5. The number of ether oxygens (including phenoxy) is 1. The summed E-state index contributed by atoms with van der Waals surface area (Å²) in [6.07, 6.45) is 7.31. The van der Waals surface area contributed by atoms with Gasteiger partial charge in [0.05, 0.1) is 13.2 Å². The molecule has 0 bridgehead atoms. The van der Waals surface area contributed by atoms with Gasteiger partial charge in [-0.2, -0.15) is 0 Å². The normalized spacial score (nSPS) is 38.8. The van der Waals surface area contributed by atoms with E-state index in [0.29, 0.717) is 5.92 Å². The number of likely N-dealkylation sites (N-methyl/N-ethyl adjacent to an activating group) is 1. The van der Waals surface area contributed by atoms with Crippen LogP contribution in [0.15, 0.2) is 35.6 Å². The van der Waals surface area contributed by atoms with Crippen LogP contribution in [0.25, 0.3) is 0 Å². The molecule has 6 nitrogen and oxygen atoms in total. The molecular weight excluding hydrogens is 406 g/mol. The van der Waals surface area contributed by atoms with Crippen molar-refractivity contribution < 1.29 is 24.2 Å². The van der Waals surface area contributed by atoms with Crippen molar-refractivity contribution in [1.29, 1.82) is 0 Å². The highest BCUT2D eigenvalue weighted by atomic mass is 16.5. The molecule has 0 aromatic heterocycles. The van der Waals surface area contributed by atoms with Crippen LogP contribution in [0, 0.1) is 28.6 Å². The third kappa shape index (κ3) is 3.61. The molecule has 2 fully saturated rings. The molecule has 32 heavy (non-hydrogen) atoms. The average molecular weight is 444 g/mol. The number of ketones is 1. The second-order valence-electron chi connectivity index (χ2n) is 10.5. The summed E-state index contributed by atoms with van der Waals surface area (Å²) in [6, 6.07) is -0.775. The van der Waals surface area contributed by atoms with Crippen molar-refractivity contribution in [1.82, 2.24) is 4.90 Å². The standard InChI is InChI=1S/C26H37NO5/c1-8-17-16(3)14-25(4)13-15(2)9-11-19(25)26(17,5)23(30)21-22(29)18(27(6)24(21)31)10-12-20(28)32-7/h8,14-15,17-19,30H,1,9-13H2,2-7H3/b23-21-/t15-,17+,18?,19-,25-,26-/m1/s1. The minimum Gasteiger partial charge on any atom is -0.511 e. The Morgan fingerprint density at radius 3 is 2.59 bits per heavy atom. The Morgan fingerprint density at radius 1 is 1.34 bits per heavy atom. The van der Waals surface area contributed by atoms with Gasteiger partial charge in [-0.25, -0.2) is 0 Å². The first-order valence-electron chi connectivity index (χ1n) is 11.6. The van der Waals surface area contributed by atoms with E-state index in [2.05, 4.69) is 31.2 Å². The van der Waals surface area contributed by atoms with Gasteiger partial charge in [0, 0.05) is 24.8 Å². The van der Waals surface area contributed by atoms with Gasteiger partial charge in [-0.15, -0.1) is 6.58 Å². The lowest BCUT2D eigenvalue weighted by molar-refractivity contribution is -0.141. The molecule has 1 saturated heterocycles. The first-order valence-corrected chi connectivity index (χ1v) is 11.6. The van der Waals surface area contributed by atoms with Gasteiger partial charge in [0.15, 0.2) is 5.78 Å². The highest BCUT2D eigenvalue weighted by molar-refractivity contribution is 6.26. The molecule has 1 amide bonds. The van der Waals surface area contributed by atoms with Gasteiger partial charge in [0.2, 0.25) is 0 Å². The van der Waals surface area contributed by atoms with Crippen LogP contribution >= 0.6 is 0 Å². The molecule has 3 rings (SSSR count). The number of hydrogen-bond acceptors (Lipinski definition) is 5. The summed E-state index contributed by atoms with van der Waals surface area (Å²) in [5.74, 6) is -0.984. The van der Waals surface area contributed by atoms with Gasteiger partial charge >= 0.3 is 5.97 Å². The first-order chi connectivity index (χ1) is 14.9. The predicted molar refractivity (Wildman–Crippen MR) is 123 cm³/mol. The van der Waals surface area contributed by atoms with Crippen LogP contribution < -0.4 is 0 Å². The van der Waals surface area contributed by atoms with E-state index in [4.69, 9.17) is 0 Å². The third-order valence-corrected chi connectivity index (χ3v) is 8.33. The lowest BCUT2D eigenvalue weighted by Gasteiger charge is -2.57. The van der Waals surface area contributed by atoms with E-state index < -0.39 is 29.1 Å². The highest BCUT2D eigenvalue weighted by Crippen LogP contribution is 2.62. The molecular formula is C26H37NO5. The van der Waals surface area contributed by atoms with Crippen molar-refractivity contribution >= 4 is 17.7 Å². The van der Waals surface area contributed by atoms with Crippen LogP contribution in [0.4, 0.5) is 0 Å². The maximum Gasteiger partial charge on any atom is 0.305 e. The van der Waals surface area contributed by atoms with Gasteiger partial charge in [0.25, 0.3) is 5.91 Å². The number of fused-ring (bicyclic) bond motifs is 1. The summed E-state index contributed by atoms with van der Waals surface area (Å²) < 4.78 is 4.68. The molecule has 0 aromatic rings. The van der Waals surface area contributed by atoms with E-state index in [1.165, 1.54) is 12.0 Å². The Labute approximate surface area is 191 Å². The van der Waals surface area contributed by atoms with Crippen LogP contribution in [-0.4, -0.2) is 47.9 Å². The van der Waals surface area contributed by atoms with Crippen molar-refractivity contribution in [2.24, 2.45) is 28.6 Å². The van der Waals surface area contributed by atoms with E-state index in [0.717, 1.165) is 24.8 Å². The fourth-order valence-electron chi connectivity index (χ4n) is 6.90. The smallest absolute Gasteiger partial charge is 0.305 e.